The lowest BCUT2D eigenvalue weighted by Gasteiger charge is -2.34. The van der Waals surface area contributed by atoms with Crippen LogP contribution in [-0.2, 0) is 29.0 Å². The molecule has 5 aromatic rings. The predicted octanol–water partition coefficient (Wildman–Crippen LogP) is 5.76. The van der Waals surface area contributed by atoms with Crippen molar-refractivity contribution in [3.63, 3.8) is 0 Å². The highest BCUT2D eigenvalue weighted by molar-refractivity contribution is 5.96. The van der Waals surface area contributed by atoms with E-state index < -0.39 is 6.04 Å². The van der Waals surface area contributed by atoms with E-state index in [9.17, 15) is 9.59 Å². The monoisotopic (exact) mass is 552 g/mol. The van der Waals surface area contributed by atoms with Crippen LogP contribution in [0.1, 0.15) is 65.1 Å². The molecule has 0 spiro atoms. The number of H-pyrrole nitrogens is 1. The van der Waals surface area contributed by atoms with Crippen LogP contribution >= 0.6 is 0 Å². The standard InChI is InChI=1S/C32H32N4O5/c1-4-8-28-26(18-33-36(28)21-9-6-5-7-10-21)32(38)35-16-15-24-25-17-22(39-3)11-13-27(25)34-30(24)31(35)29-14-12-23(41-29)19-40-20(2)37/h5-7,9-14,17-18,31,34H,4,8,15-16,19H2,1-3H3/t31-/m1/s1. The Hall–Kier alpha value is -4.79. The normalized spacial score (nSPS) is 14.7. The number of amides is 1. The largest absolute Gasteiger partial charge is 0.497 e. The van der Waals surface area contributed by atoms with Crippen LogP contribution in [0, 0.1) is 0 Å². The molecule has 1 atom stereocenters. The molecule has 1 N–H and O–H groups in total. The van der Waals surface area contributed by atoms with Gasteiger partial charge in [-0.1, -0.05) is 31.5 Å². The lowest BCUT2D eigenvalue weighted by Crippen LogP contribution is -2.40. The van der Waals surface area contributed by atoms with Gasteiger partial charge in [-0.2, -0.15) is 5.10 Å². The molecule has 4 heterocycles. The number of fused-ring (bicyclic) bond motifs is 3. The van der Waals surface area contributed by atoms with Crippen molar-refractivity contribution < 1.29 is 23.5 Å². The van der Waals surface area contributed by atoms with Crippen molar-refractivity contribution in [1.82, 2.24) is 19.7 Å². The maximum absolute atomic E-state index is 14.4. The van der Waals surface area contributed by atoms with Crippen LogP contribution in [0.5, 0.6) is 5.75 Å². The molecule has 2 aromatic carbocycles. The van der Waals surface area contributed by atoms with Crippen LogP contribution in [0.15, 0.2) is 71.3 Å². The van der Waals surface area contributed by atoms with Crippen LogP contribution < -0.4 is 4.74 Å². The van der Waals surface area contributed by atoms with E-state index in [0.29, 0.717) is 36.5 Å². The number of rotatable bonds is 8. The summed E-state index contributed by atoms with van der Waals surface area (Å²) in [4.78, 5) is 31.2. The third kappa shape index (κ3) is 4.88. The first-order valence-electron chi connectivity index (χ1n) is 13.8. The number of benzene rings is 2. The number of hydrogen-bond donors (Lipinski definition) is 1. The van der Waals surface area contributed by atoms with Crippen molar-refractivity contribution in [2.24, 2.45) is 0 Å². The molecule has 0 saturated carbocycles. The van der Waals surface area contributed by atoms with Gasteiger partial charge in [0.05, 0.1) is 35.9 Å². The van der Waals surface area contributed by atoms with Crippen molar-refractivity contribution in [2.75, 3.05) is 13.7 Å². The lowest BCUT2D eigenvalue weighted by molar-refractivity contribution is -0.142. The number of carbonyl (C=O) groups is 2. The maximum Gasteiger partial charge on any atom is 0.303 e. The van der Waals surface area contributed by atoms with E-state index in [2.05, 4.69) is 17.0 Å². The van der Waals surface area contributed by atoms with E-state index in [4.69, 9.17) is 13.9 Å². The molecule has 210 valence electrons. The summed E-state index contributed by atoms with van der Waals surface area (Å²) in [6.45, 7) is 3.97. The third-order valence-corrected chi connectivity index (χ3v) is 7.55. The molecule has 0 bridgehead atoms. The first-order valence-corrected chi connectivity index (χ1v) is 13.8. The lowest BCUT2D eigenvalue weighted by atomic mass is 9.94. The Morgan fingerprint density at radius 2 is 1.95 bits per heavy atom. The average Bonchev–Trinajstić information content (AvgIpc) is 3.72. The Bertz CT molecular complexity index is 1710. The van der Waals surface area contributed by atoms with E-state index in [1.54, 1.807) is 19.4 Å². The molecule has 0 radical (unpaired) electrons. The second kappa shape index (κ2) is 11.0. The number of aromatic nitrogens is 3. The van der Waals surface area contributed by atoms with Crippen molar-refractivity contribution >= 4 is 22.8 Å². The molecule has 1 amide bonds. The quantitative estimate of drug-likeness (QED) is 0.246. The SMILES string of the molecule is CCCc1c(C(=O)N2CCc3c([nH]c4ccc(OC)cc34)[C@H]2c2ccc(COC(C)=O)o2)cnn1-c1ccccc1. The van der Waals surface area contributed by atoms with Gasteiger partial charge >= 0.3 is 5.97 Å². The first-order chi connectivity index (χ1) is 20.0. The van der Waals surface area contributed by atoms with E-state index in [1.807, 2.05) is 64.2 Å². The highest BCUT2D eigenvalue weighted by Gasteiger charge is 2.38. The number of nitrogens with zero attached hydrogens (tertiary/aromatic N) is 3. The molecular weight excluding hydrogens is 520 g/mol. The Balaban J connectivity index is 1.44. The molecule has 6 rings (SSSR count). The van der Waals surface area contributed by atoms with Crippen LogP contribution in [0.25, 0.3) is 16.6 Å². The number of furan rings is 1. The van der Waals surface area contributed by atoms with Gasteiger partial charge in [-0.15, -0.1) is 0 Å². The number of carbonyl (C=O) groups excluding carboxylic acids is 2. The van der Waals surface area contributed by atoms with Crippen molar-refractivity contribution in [3.8, 4) is 11.4 Å². The summed E-state index contributed by atoms with van der Waals surface area (Å²) >= 11 is 0. The number of nitrogens with one attached hydrogen (secondary N) is 1. The molecule has 0 aliphatic carbocycles. The summed E-state index contributed by atoms with van der Waals surface area (Å²) in [5, 5.41) is 5.70. The van der Waals surface area contributed by atoms with E-state index in [-0.39, 0.29) is 18.5 Å². The second-order valence-electron chi connectivity index (χ2n) is 10.2. The highest BCUT2D eigenvalue weighted by atomic mass is 16.5. The Labute approximate surface area is 237 Å². The second-order valence-corrected chi connectivity index (χ2v) is 10.2. The Morgan fingerprint density at radius 1 is 1.12 bits per heavy atom. The molecule has 1 aliphatic rings. The van der Waals surface area contributed by atoms with Crippen LogP contribution in [0.3, 0.4) is 0 Å². The molecule has 0 saturated heterocycles. The zero-order chi connectivity index (χ0) is 28.5. The molecule has 1 aliphatic heterocycles. The van der Waals surface area contributed by atoms with E-state index >= 15 is 0 Å². The fourth-order valence-corrected chi connectivity index (χ4v) is 5.68. The molecule has 0 fully saturated rings. The molecule has 0 unspecified atom stereocenters. The summed E-state index contributed by atoms with van der Waals surface area (Å²) in [6, 6.07) is 18.9. The Morgan fingerprint density at radius 3 is 2.71 bits per heavy atom. The minimum atomic E-state index is -0.509. The van der Waals surface area contributed by atoms with E-state index in [0.717, 1.165) is 45.7 Å². The van der Waals surface area contributed by atoms with Gasteiger partial charge in [0.25, 0.3) is 5.91 Å². The molecule has 9 heteroatoms. The van der Waals surface area contributed by atoms with Crippen LogP contribution in [0.2, 0.25) is 0 Å². The molecule has 3 aromatic heterocycles. The molecule has 9 nitrogen and oxygen atoms in total. The number of para-hydroxylation sites is 1. The van der Waals surface area contributed by atoms with Gasteiger partial charge in [0, 0.05) is 24.4 Å². The van der Waals surface area contributed by atoms with Crippen molar-refractivity contribution in [1.29, 1.82) is 0 Å². The zero-order valence-electron chi connectivity index (χ0n) is 23.3. The van der Waals surface area contributed by atoms with Gasteiger partial charge < -0.3 is 23.8 Å². The minimum absolute atomic E-state index is 0.0251. The summed E-state index contributed by atoms with van der Waals surface area (Å²) in [5.41, 5.74) is 5.36. The predicted molar refractivity (Wildman–Crippen MR) is 153 cm³/mol. The van der Waals surface area contributed by atoms with E-state index in [1.165, 1.54) is 6.92 Å². The first kappa shape index (κ1) is 26.4. The van der Waals surface area contributed by atoms with Gasteiger partial charge in [-0.25, -0.2) is 4.68 Å². The molecule has 41 heavy (non-hydrogen) atoms. The number of ether oxygens (including phenoxy) is 2. The van der Waals surface area contributed by atoms with Gasteiger partial charge in [0.2, 0.25) is 0 Å². The molecular formula is C32H32N4O5. The van der Waals surface area contributed by atoms with Crippen molar-refractivity contribution in [2.45, 2.75) is 45.8 Å². The number of esters is 1. The average molecular weight is 553 g/mol. The van der Waals surface area contributed by atoms with Gasteiger partial charge in [0.1, 0.15) is 29.9 Å². The summed E-state index contributed by atoms with van der Waals surface area (Å²) < 4.78 is 18.7. The number of methoxy groups -OCH3 is 1. The zero-order valence-corrected chi connectivity index (χ0v) is 23.3. The van der Waals surface area contributed by atoms with Gasteiger partial charge in [0.15, 0.2) is 0 Å². The fourth-order valence-electron chi connectivity index (χ4n) is 5.68. The summed E-state index contributed by atoms with van der Waals surface area (Å²) in [6.07, 6.45) is 3.92. The highest BCUT2D eigenvalue weighted by Crippen LogP contribution is 2.41. The van der Waals surface area contributed by atoms with Crippen LogP contribution in [-0.4, -0.2) is 45.2 Å². The summed E-state index contributed by atoms with van der Waals surface area (Å²) in [5.74, 6) is 1.38. The van der Waals surface area contributed by atoms with Gasteiger partial charge in [-0.3, -0.25) is 9.59 Å². The van der Waals surface area contributed by atoms with Gasteiger partial charge in [-0.05, 0) is 60.9 Å². The number of aromatic amines is 1. The smallest absolute Gasteiger partial charge is 0.303 e. The van der Waals surface area contributed by atoms with Crippen molar-refractivity contribution in [3.05, 3.63) is 101 Å². The third-order valence-electron chi connectivity index (χ3n) is 7.55. The van der Waals surface area contributed by atoms with Crippen LogP contribution in [0.4, 0.5) is 0 Å². The fraction of sp³-hybridized carbons (Fsp3) is 0.281. The minimum Gasteiger partial charge on any atom is -0.497 e. The maximum atomic E-state index is 14.4. The topological polar surface area (TPSA) is 103 Å². The summed E-state index contributed by atoms with van der Waals surface area (Å²) in [7, 11) is 1.65. The Kier molecular flexibility index (Phi) is 7.09. The number of hydrogen-bond acceptors (Lipinski definition) is 6.